The van der Waals surface area contributed by atoms with Crippen LogP contribution < -0.4 is 11.1 Å². The van der Waals surface area contributed by atoms with Crippen molar-refractivity contribution in [3.63, 3.8) is 0 Å². The average Bonchev–Trinajstić information content (AvgIpc) is 2.58. The van der Waals surface area contributed by atoms with Gasteiger partial charge >= 0.3 is 6.18 Å². The quantitative estimate of drug-likeness (QED) is 0.498. The first-order chi connectivity index (χ1) is 11.8. The summed E-state index contributed by atoms with van der Waals surface area (Å²) >= 11 is 0. The number of rotatable bonds is 4. The Morgan fingerprint density at radius 3 is 2.40 bits per heavy atom. The highest BCUT2D eigenvalue weighted by Gasteiger charge is 2.32. The molecule has 0 heterocycles. The molecule has 0 unspecified atom stereocenters. The molecule has 0 bridgehead atoms. The molecule has 3 N–H and O–H groups in total. The van der Waals surface area contributed by atoms with Crippen LogP contribution in [0.15, 0.2) is 59.6 Å². The molecule has 0 amide bonds. The molecule has 0 aliphatic carbocycles. The smallest absolute Gasteiger partial charge is 0.398 e. The molecule has 2 aromatic rings. The van der Waals surface area contributed by atoms with Gasteiger partial charge in [0.15, 0.2) is 0 Å². The largest absolute Gasteiger partial charge is 0.416 e. The Labute approximate surface area is 142 Å². The molecule has 0 aliphatic rings. The second kappa shape index (κ2) is 7.83. The first-order valence-electron chi connectivity index (χ1n) is 7.40. The van der Waals surface area contributed by atoms with Crippen LogP contribution in [0.3, 0.4) is 0 Å². The predicted octanol–water partition coefficient (Wildman–Crippen LogP) is 3.96. The van der Waals surface area contributed by atoms with Gasteiger partial charge in [0.2, 0.25) is 0 Å². The highest BCUT2D eigenvalue weighted by Crippen LogP contribution is 2.31. The van der Waals surface area contributed by atoms with E-state index >= 15 is 0 Å². The lowest BCUT2D eigenvalue weighted by Gasteiger charge is -2.14. The third-order valence-corrected chi connectivity index (χ3v) is 3.50. The van der Waals surface area contributed by atoms with Crippen molar-refractivity contribution in [1.29, 1.82) is 0 Å². The zero-order chi connectivity index (χ0) is 18.4. The van der Waals surface area contributed by atoms with Crippen LogP contribution >= 0.6 is 0 Å². The van der Waals surface area contributed by atoms with E-state index in [1.54, 1.807) is 6.07 Å². The minimum Gasteiger partial charge on any atom is -0.398 e. The topological polar surface area (TPSA) is 50.4 Å². The molecule has 2 rings (SSSR count). The van der Waals surface area contributed by atoms with Gasteiger partial charge in [-0.3, -0.25) is 4.99 Å². The van der Waals surface area contributed by atoms with Crippen LogP contribution in [-0.2, 0) is 12.7 Å². The standard InChI is InChI=1S/C18H17F4N3/c1-24-17(10-16(23)13-7-3-5-9-15(13)19)25-11-12-6-2-4-8-14(12)18(20,21)22/h2-10H,11,23H2,1H3,(H,24,25)/b16-10-. The minimum atomic E-state index is -4.44. The van der Waals surface area contributed by atoms with E-state index in [0.29, 0.717) is 0 Å². The SMILES string of the molecule is CN=C(/C=C(\N)c1ccccc1F)NCc1ccccc1C(F)(F)F. The van der Waals surface area contributed by atoms with Crippen molar-refractivity contribution < 1.29 is 17.6 Å². The van der Waals surface area contributed by atoms with Gasteiger partial charge in [0.1, 0.15) is 11.7 Å². The molecule has 25 heavy (non-hydrogen) atoms. The normalized spacial score (nSPS) is 13.0. The zero-order valence-corrected chi connectivity index (χ0v) is 13.4. The lowest BCUT2D eigenvalue weighted by atomic mass is 10.1. The van der Waals surface area contributed by atoms with Crippen LogP contribution in [0.4, 0.5) is 17.6 Å². The van der Waals surface area contributed by atoms with Gasteiger partial charge in [-0.25, -0.2) is 4.39 Å². The molecule has 0 aliphatic heterocycles. The van der Waals surface area contributed by atoms with Gasteiger partial charge in [0.05, 0.1) is 5.56 Å². The summed E-state index contributed by atoms with van der Waals surface area (Å²) < 4.78 is 52.7. The van der Waals surface area contributed by atoms with Crippen LogP contribution in [0.2, 0.25) is 0 Å². The van der Waals surface area contributed by atoms with Crippen LogP contribution in [0, 0.1) is 5.82 Å². The van der Waals surface area contributed by atoms with Crippen molar-refractivity contribution in [2.24, 2.45) is 10.7 Å². The maximum Gasteiger partial charge on any atom is 0.416 e. The highest BCUT2D eigenvalue weighted by atomic mass is 19.4. The van der Waals surface area contributed by atoms with E-state index in [-0.39, 0.29) is 29.2 Å². The number of nitrogens with zero attached hydrogens (tertiary/aromatic N) is 1. The number of benzene rings is 2. The zero-order valence-electron chi connectivity index (χ0n) is 13.4. The number of nitrogens with one attached hydrogen (secondary N) is 1. The van der Waals surface area contributed by atoms with Gasteiger partial charge in [-0.15, -0.1) is 0 Å². The summed E-state index contributed by atoms with van der Waals surface area (Å²) in [6.45, 7) is -0.0938. The summed E-state index contributed by atoms with van der Waals surface area (Å²) in [6.07, 6.45) is -3.06. The first-order valence-corrected chi connectivity index (χ1v) is 7.40. The first kappa shape index (κ1) is 18.5. The second-order valence-corrected chi connectivity index (χ2v) is 5.20. The van der Waals surface area contributed by atoms with Gasteiger partial charge in [-0.05, 0) is 23.8 Å². The van der Waals surface area contributed by atoms with Gasteiger partial charge in [0.25, 0.3) is 0 Å². The molecular formula is C18H17F4N3. The molecule has 0 saturated heterocycles. The van der Waals surface area contributed by atoms with Crippen molar-refractivity contribution in [1.82, 2.24) is 5.32 Å². The van der Waals surface area contributed by atoms with Crippen LogP contribution in [0.25, 0.3) is 5.70 Å². The van der Waals surface area contributed by atoms with Crippen molar-refractivity contribution >= 4 is 11.5 Å². The van der Waals surface area contributed by atoms with Gasteiger partial charge in [-0.1, -0.05) is 30.3 Å². The highest BCUT2D eigenvalue weighted by molar-refractivity contribution is 5.98. The predicted molar refractivity (Wildman–Crippen MR) is 90.2 cm³/mol. The van der Waals surface area contributed by atoms with E-state index in [0.717, 1.165) is 6.07 Å². The summed E-state index contributed by atoms with van der Waals surface area (Å²) in [5.74, 6) is -0.244. The fraction of sp³-hybridized carbons (Fsp3) is 0.167. The van der Waals surface area contributed by atoms with E-state index < -0.39 is 17.6 Å². The Morgan fingerprint density at radius 1 is 1.12 bits per heavy atom. The van der Waals surface area contributed by atoms with Crippen LogP contribution in [-0.4, -0.2) is 12.9 Å². The van der Waals surface area contributed by atoms with E-state index in [1.165, 1.54) is 49.5 Å². The van der Waals surface area contributed by atoms with Crippen molar-refractivity contribution in [2.75, 3.05) is 7.05 Å². The molecule has 0 fully saturated rings. The van der Waals surface area contributed by atoms with Crippen molar-refractivity contribution in [2.45, 2.75) is 12.7 Å². The van der Waals surface area contributed by atoms with E-state index in [9.17, 15) is 17.6 Å². The van der Waals surface area contributed by atoms with Crippen molar-refractivity contribution in [3.8, 4) is 0 Å². The summed E-state index contributed by atoms with van der Waals surface area (Å²) in [7, 11) is 1.46. The molecule has 0 spiro atoms. The molecule has 0 aromatic heterocycles. The third-order valence-electron chi connectivity index (χ3n) is 3.50. The summed E-state index contributed by atoms with van der Waals surface area (Å²) in [4.78, 5) is 3.94. The average molecular weight is 351 g/mol. The number of hydrogen-bond donors (Lipinski definition) is 2. The Balaban J connectivity index is 2.17. The van der Waals surface area contributed by atoms with Gasteiger partial charge in [0, 0.05) is 30.9 Å². The Hall–Kier alpha value is -2.83. The number of aliphatic imine (C=N–C) groups is 1. The Kier molecular flexibility index (Phi) is 5.80. The lowest BCUT2D eigenvalue weighted by Crippen LogP contribution is -2.24. The van der Waals surface area contributed by atoms with Gasteiger partial charge in [-0.2, -0.15) is 13.2 Å². The van der Waals surface area contributed by atoms with Gasteiger partial charge < -0.3 is 11.1 Å². The number of alkyl halides is 3. The molecule has 2 aromatic carbocycles. The molecule has 132 valence electrons. The van der Waals surface area contributed by atoms with Crippen molar-refractivity contribution in [3.05, 3.63) is 77.1 Å². The summed E-state index contributed by atoms with van der Waals surface area (Å²) in [6, 6.07) is 11.2. The monoisotopic (exact) mass is 351 g/mol. The molecule has 0 radical (unpaired) electrons. The Bertz CT molecular complexity index is 795. The van der Waals surface area contributed by atoms with Crippen LogP contribution in [0.5, 0.6) is 0 Å². The lowest BCUT2D eigenvalue weighted by molar-refractivity contribution is -0.138. The molecule has 0 atom stereocenters. The third kappa shape index (κ3) is 4.82. The van der Waals surface area contributed by atoms with E-state index in [1.807, 2.05) is 0 Å². The van der Waals surface area contributed by atoms with Crippen LogP contribution in [0.1, 0.15) is 16.7 Å². The number of amidine groups is 1. The minimum absolute atomic E-state index is 0.0778. The second-order valence-electron chi connectivity index (χ2n) is 5.20. The molecule has 3 nitrogen and oxygen atoms in total. The molecule has 0 saturated carbocycles. The Morgan fingerprint density at radius 2 is 1.76 bits per heavy atom. The summed E-state index contributed by atoms with van der Waals surface area (Å²) in [5.41, 5.74) is 5.54. The summed E-state index contributed by atoms with van der Waals surface area (Å²) in [5, 5.41) is 2.79. The fourth-order valence-corrected chi connectivity index (χ4v) is 2.25. The maximum absolute atomic E-state index is 13.7. The number of halogens is 4. The maximum atomic E-state index is 13.7. The molecule has 7 heteroatoms. The number of hydrogen-bond acceptors (Lipinski definition) is 2. The fourth-order valence-electron chi connectivity index (χ4n) is 2.25. The van der Waals surface area contributed by atoms with E-state index in [2.05, 4.69) is 10.3 Å². The molecular weight excluding hydrogens is 334 g/mol. The van der Waals surface area contributed by atoms with E-state index in [4.69, 9.17) is 5.73 Å². The number of nitrogens with two attached hydrogens (primary N) is 1.